The van der Waals surface area contributed by atoms with Gasteiger partial charge in [0.05, 0.1) is 18.2 Å². The smallest absolute Gasteiger partial charge is 0.416 e. The van der Waals surface area contributed by atoms with E-state index in [1.54, 1.807) is 0 Å². The molecule has 2 aromatic rings. The van der Waals surface area contributed by atoms with Gasteiger partial charge in [0, 0.05) is 0 Å². The van der Waals surface area contributed by atoms with Crippen LogP contribution in [0.5, 0.6) is 0 Å². The first-order valence-corrected chi connectivity index (χ1v) is 5.35. The Hall–Kier alpha value is -2.51. The number of hydrogen-bond donors (Lipinski definition) is 1. The van der Waals surface area contributed by atoms with Crippen LogP contribution >= 0.6 is 0 Å². The highest BCUT2D eigenvalue weighted by Gasteiger charge is 2.30. The molecule has 0 atom stereocenters. The summed E-state index contributed by atoms with van der Waals surface area (Å²) in [6.07, 6.45) is -4.44. The first kappa shape index (κ1) is 13.9. The fraction of sp³-hybridized carbons (Fsp3) is 0.167. The highest BCUT2D eigenvalue weighted by atomic mass is 19.4. The van der Waals surface area contributed by atoms with Gasteiger partial charge in [-0.2, -0.15) is 13.2 Å². The zero-order chi connectivity index (χ0) is 14.9. The van der Waals surface area contributed by atoms with Crippen LogP contribution in [0.3, 0.4) is 0 Å². The Morgan fingerprint density at radius 3 is 2.40 bits per heavy atom. The standard InChI is InChI=1S/C12H9F3N2O3/c1-19-11(18)9-8(10(16)20-17-9)6-2-4-7(5-3-6)12(13,14)15/h2-5H,16H2,1H3. The fourth-order valence-corrected chi connectivity index (χ4v) is 1.64. The Bertz CT molecular complexity index is 632. The van der Waals surface area contributed by atoms with Crippen LogP contribution in [0, 0.1) is 0 Å². The second kappa shape index (κ2) is 4.87. The Labute approximate surface area is 111 Å². The molecule has 1 aromatic heterocycles. The molecule has 0 saturated carbocycles. The number of methoxy groups -OCH3 is 1. The lowest BCUT2D eigenvalue weighted by Crippen LogP contribution is -2.05. The monoisotopic (exact) mass is 286 g/mol. The number of halogens is 3. The van der Waals surface area contributed by atoms with Crippen LogP contribution in [0.25, 0.3) is 11.1 Å². The highest BCUT2D eigenvalue weighted by molar-refractivity contribution is 5.97. The second-order valence-electron chi connectivity index (χ2n) is 3.84. The van der Waals surface area contributed by atoms with Gasteiger partial charge in [0.2, 0.25) is 11.6 Å². The van der Waals surface area contributed by atoms with Crippen LogP contribution in [-0.2, 0) is 10.9 Å². The Morgan fingerprint density at radius 2 is 1.90 bits per heavy atom. The number of esters is 1. The van der Waals surface area contributed by atoms with Gasteiger partial charge in [-0.25, -0.2) is 4.79 Å². The summed E-state index contributed by atoms with van der Waals surface area (Å²) in [5, 5.41) is 3.44. The summed E-state index contributed by atoms with van der Waals surface area (Å²) in [5.74, 6) is -0.967. The van der Waals surface area contributed by atoms with Gasteiger partial charge >= 0.3 is 12.1 Å². The number of anilines is 1. The summed E-state index contributed by atoms with van der Waals surface area (Å²) in [6, 6.07) is 4.11. The topological polar surface area (TPSA) is 78.3 Å². The molecule has 0 radical (unpaired) electrons. The number of alkyl halides is 3. The minimum atomic E-state index is -4.44. The predicted octanol–water partition coefficient (Wildman–Crippen LogP) is 2.73. The molecule has 8 heteroatoms. The molecule has 0 aliphatic carbocycles. The summed E-state index contributed by atoms with van der Waals surface area (Å²) < 4.78 is 46.6. The zero-order valence-electron chi connectivity index (χ0n) is 10.2. The van der Waals surface area contributed by atoms with E-state index in [2.05, 4.69) is 14.4 Å². The molecular weight excluding hydrogens is 277 g/mol. The third kappa shape index (κ3) is 2.44. The molecule has 2 N–H and O–H groups in total. The van der Waals surface area contributed by atoms with E-state index in [-0.39, 0.29) is 22.7 Å². The number of carbonyl (C=O) groups excluding carboxylic acids is 1. The van der Waals surface area contributed by atoms with Crippen LogP contribution in [0.4, 0.5) is 19.1 Å². The summed E-state index contributed by atoms with van der Waals surface area (Å²) >= 11 is 0. The summed E-state index contributed by atoms with van der Waals surface area (Å²) in [6.45, 7) is 0. The molecule has 0 amide bonds. The van der Waals surface area contributed by atoms with E-state index in [1.165, 1.54) is 12.1 Å². The average molecular weight is 286 g/mol. The van der Waals surface area contributed by atoms with Crippen molar-refractivity contribution in [1.29, 1.82) is 0 Å². The minimum Gasteiger partial charge on any atom is -0.464 e. The number of benzene rings is 1. The number of nitrogens with zero attached hydrogens (tertiary/aromatic N) is 1. The molecule has 106 valence electrons. The third-order valence-electron chi connectivity index (χ3n) is 2.60. The van der Waals surface area contributed by atoms with Gasteiger partial charge in [-0.1, -0.05) is 17.3 Å². The van der Waals surface area contributed by atoms with Crippen molar-refractivity contribution >= 4 is 11.9 Å². The maximum absolute atomic E-state index is 12.5. The van der Waals surface area contributed by atoms with Crippen LogP contribution in [-0.4, -0.2) is 18.2 Å². The quantitative estimate of drug-likeness (QED) is 0.859. The molecule has 0 saturated heterocycles. The first-order chi connectivity index (χ1) is 9.34. The number of aromatic nitrogens is 1. The van der Waals surface area contributed by atoms with Crippen molar-refractivity contribution in [3.05, 3.63) is 35.5 Å². The van der Waals surface area contributed by atoms with Crippen molar-refractivity contribution in [2.75, 3.05) is 12.8 Å². The molecule has 20 heavy (non-hydrogen) atoms. The number of ether oxygens (including phenoxy) is 1. The van der Waals surface area contributed by atoms with Gasteiger partial charge in [0.25, 0.3) is 0 Å². The molecule has 0 spiro atoms. The van der Waals surface area contributed by atoms with Gasteiger partial charge in [0.1, 0.15) is 0 Å². The summed E-state index contributed by atoms with van der Waals surface area (Å²) in [5.41, 5.74) is 4.91. The number of nitrogens with two attached hydrogens (primary N) is 1. The molecular formula is C12H9F3N2O3. The Kier molecular flexibility index (Phi) is 3.39. The van der Waals surface area contributed by atoms with Crippen molar-refractivity contribution in [3.63, 3.8) is 0 Å². The van der Waals surface area contributed by atoms with Crippen molar-refractivity contribution in [2.45, 2.75) is 6.18 Å². The van der Waals surface area contributed by atoms with Gasteiger partial charge in [0.15, 0.2) is 0 Å². The number of hydrogen-bond acceptors (Lipinski definition) is 5. The predicted molar refractivity (Wildman–Crippen MR) is 62.7 cm³/mol. The van der Waals surface area contributed by atoms with E-state index in [1.807, 2.05) is 0 Å². The highest BCUT2D eigenvalue weighted by Crippen LogP contribution is 2.34. The lowest BCUT2D eigenvalue weighted by molar-refractivity contribution is -0.137. The normalized spacial score (nSPS) is 11.4. The van der Waals surface area contributed by atoms with Crippen LogP contribution in [0.1, 0.15) is 16.1 Å². The van der Waals surface area contributed by atoms with Gasteiger partial charge in [-0.3, -0.25) is 0 Å². The number of carbonyl (C=O) groups is 1. The van der Waals surface area contributed by atoms with Crippen molar-refractivity contribution < 1.29 is 27.2 Å². The lowest BCUT2D eigenvalue weighted by Gasteiger charge is -2.07. The molecule has 5 nitrogen and oxygen atoms in total. The summed E-state index contributed by atoms with van der Waals surface area (Å²) in [7, 11) is 1.14. The molecule has 0 aliphatic rings. The van der Waals surface area contributed by atoms with Gasteiger partial charge < -0.3 is 15.0 Å². The average Bonchev–Trinajstić information content (AvgIpc) is 2.79. The molecule has 0 unspecified atom stereocenters. The minimum absolute atomic E-state index is 0.102. The van der Waals surface area contributed by atoms with E-state index >= 15 is 0 Å². The maximum atomic E-state index is 12.5. The maximum Gasteiger partial charge on any atom is 0.416 e. The van der Waals surface area contributed by atoms with Crippen LogP contribution in [0.15, 0.2) is 28.8 Å². The van der Waals surface area contributed by atoms with Crippen molar-refractivity contribution in [1.82, 2.24) is 5.16 Å². The fourth-order valence-electron chi connectivity index (χ4n) is 1.64. The van der Waals surface area contributed by atoms with Gasteiger partial charge in [-0.15, -0.1) is 0 Å². The summed E-state index contributed by atoms with van der Waals surface area (Å²) in [4.78, 5) is 11.5. The van der Waals surface area contributed by atoms with Crippen LogP contribution in [0.2, 0.25) is 0 Å². The number of rotatable bonds is 2. The molecule has 1 heterocycles. The molecule has 1 aromatic carbocycles. The molecule has 0 fully saturated rings. The lowest BCUT2D eigenvalue weighted by atomic mass is 10.0. The SMILES string of the molecule is COC(=O)c1noc(N)c1-c1ccc(C(F)(F)F)cc1. The van der Waals surface area contributed by atoms with Crippen LogP contribution < -0.4 is 5.73 Å². The van der Waals surface area contributed by atoms with E-state index in [0.717, 1.165) is 19.2 Å². The van der Waals surface area contributed by atoms with E-state index in [9.17, 15) is 18.0 Å². The van der Waals surface area contributed by atoms with Gasteiger partial charge in [-0.05, 0) is 17.7 Å². The molecule has 0 aliphatic heterocycles. The molecule has 0 bridgehead atoms. The Morgan fingerprint density at radius 1 is 1.30 bits per heavy atom. The van der Waals surface area contributed by atoms with Crippen molar-refractivity contribution in [2.24, 2.45) is 0 Å². The Balaban J connectivity index is 2.47. The van der Waals surface area contributed by atoms with E-state index in [4.69, 9.17) is 5.73 Å². The largest absolute Gasteiger partial charge is 0.464 e. The first-order valence-electron chi connectivity index (χ1n) is 5.35. The van der Waals surface area contributed by atoms with Crippen molar-refractivity contribution in [3.8, 4) is 11.1 Å². The van der Waals surface area contributed by atoms with E-state index < -0.39 is 17.7 Å². The second-order valence-corrected chi connectivity index (χ2v) is 3.84. The zero-order valence-corrected chi connectivity index (χ0v) is 10.2. The van der Waals surface area contributed by atoms with E-state index in [0.29, 0.717) is 0 Å². The third-order valence-corrected chi connectivity index (χ3v) is 2.60. The number of nitrogen functional groups attached to an aromatic ring is 1. The molecule has 2 rings (SSSR count).